The van der Waals surface area contributed by atoms with E-state index in [0.717, 1.165) is 0 Å². The lowest BCUT2D eigenvalue weighted by molar-refractivity contribution is 0.112. The first kappa shape index (κ1) is 7.24. The molecule has 0 aliphatic rings. The monoisotopic (exact) mass is 181 g/mol. The van der Waals surface area contributed by atoms with E-state index in [1.54, 1.807) is 0 Å². The fourth-order valence-corrected chi connectivity index (χ4v) is 1.23. The molecule has 12 heavy (non-hydrogen) atoms. The lowest BCUT2D eigenvalue weighted by atomic mass is 10.2. The van der Waals surface area contributed by atoms with Gasteiger partial charge in [-0.2, -0.15) is 5.10 Å². The summed E-state index contributed by atoms with van der Waals surface area (Å²) in [6, 6.07) is 1.50. The number of halogens is 1. The van der Waals surface area contributed by atoms with Gasteiger partial charge in [-0.1, -0.05) is 11.6 Å². The first-order valence-corrected chi connectivity index (χ1v) is 3.64. The van der Waals surface area contributed by atoms with Gasteiger partial charge < -0.3 is 0 Å². The van der Waals surface area contributed by atoms with Crippen molar-refractivity contribution in [1.29, 1.82) is 0 Å². The topological polar surface area (TPSA) is 58.6 Å². The highest BCUT2D eigenvalue weighted by Crippen LogP contribution is 2.16. The van der Waals surface area contributed by atoms with Crippen LogP contribution in [-0.2, 0) is 0 Å². The Labute approximate surface area is 72.6 Å². The minimum Gasteiger partial charge on any atom is -0.298 e. The van der Waals surface area contributed by atoms with Crippen LogP contribution in [0.25, 0.3) is 11.0 Å². The van der Waals surface area contributed by atoms with Gasteiger partial charge in [0.15, 0.2) is 6.29 Å². The lowest BCUT2D eigenvalue weighted by Crippen LogP contribution is -1.85. The second-order valence-electron chi connectivity index (χ2n) is 2.28. The molecule has 0 unspecified atom stereocenters. The number of rotatable bonds is 1. The van der Waals surface area contributed by atoms with Crippen molar-refractivity contribution in [2.24, 2.45) is 0 Å². The number of pyridine rings is 1. The third-order valence-corrected chi connectivity index (χ3v) is 1.73. The van der Waals surface area contributed by atoms with Gasteiger partial charge in [-0.15, -0.1) is 0 Å². The Balaban J connectivity index is 2.88. The van der Waals surface area contributed by atoms with E-state index < -0.39 is 0 Å². The Morgan fingerprint density at radius 1 is 1.58 bits per heavy atom. The molecule has 0 bridgehead atoms. The maximum atomic E-state index is 10.5. The molecule has 0 atom stereocenters. The third kappa shape index (κ3) is 0.967. The van der Waals surface area contributed by atoms with Gasteiger partial charge in [0.05, 0.1) is 11.7 Å². The van der Waals surface area contributed by atoms with Crippen LogP contribution in [0.3, 0.4) is 0 Å². The van der Waals surface area contributed by atoms with Gasteiger partial charge in [-0.05, 0) is 6.07 Å². The quantitative estimate of drug-likeness (QED) is 0.535. The number of carbonyl (C=O) groups is 1. The Bertz CT molecular complexity index is 437. The lowest BCUT2D eigenvalue weighted by Gasteiger charge is -1.93. The SMILES string of the molecule is O=Cc1cc(Cl)nc2cn[nH]c12. The number of aromatic nitrogens is 3. The fraction of sp³-hybridized carbons (Fsp3) is 0. The van der Waals surface area contributed by atoms with E-state index in [2.05, 4.69) is 15.2 Å². The third-order valence-electron chi connectivity index (χ3n) is 1.54. The van der Waals surface area contributed by atoms with Gasteiger partial charge in [-0.25, -0.2) is 4.98 Å². The van der Waals surface area contributed by atoms with Crippen molar-refractivity contribution in [3.8, 4) is 0 Å². The van der Waals surface area contributed by atoms with Crippen molar-refractivity contribution < 1.29 is 4.79 Å². The van der Waals surface area contributed by atoms with Crippen molar-refractivity contribution in [3.63, 3.8) is 0 Å². The number of carbonyl (C=O) groups excluding carboxylic acids is 1. The van der Waals surface area contributed by atoms with E-state index in [1.165, 1.54) is 12.3 Å². The van der Waals surface area contributed by atoms with E-state index in [0.29, 0.717) is 28.0 Å². The molecule has 0 saturated carbocycles. The molecule has 2 aromatic rings. The molecule has 0 aliphatic carbocycles. The predicted octanol–water partition coefficient (Wildman–Crippen LogP) is 1.42. The number of hydrogen-bond acceptors (Lipinski definition) is 3. The fourth-order valence-electron chi connectivity index (χ4n) is 1.02. The van der Waals surface area contributed by atoms with Gasteiger partial charge in [0.1, 0.15) is 10.7 Å². The molecule has 0 fully saturated rings. The molecule has 60 valence electrons. The van der Waals surface area contributed by atoms with Crippen LogP contribution in [0.1, 0.15) is 10.4 Å². The highest BCUT2D eigenvalue weighted by Gasteiger charge is 2.04. The number of fused-ring (bicyclic) bond motifs is 1. The zero-order valence-electron chi connectivity index (χ0n) is 5.91. The van der Waals surface area contributed by atoms with E-state index in [1.807, 2.05) is 0 Å². The van der Waals surface area contributed by atoms with E-state index >= 15 is 0 Å². The number of nitrogens with zero attached hydrogens (tertiary/aromatic N) is 2. The summed E-state index contributed by atoms with van der Waals surface area (Å²) >= 11 is 5.65. The molecule has 0 saturated heterocycles. The molecule has 0 aromatic carbocycles. The molecule has 2 aromatic heterocycles. The second-order valence-corrected chi connectivity index (χ2v) is 2.67. The summed E-state index contributed by atoms with van der Waals surface area (Å²) in [5, 5.41) is 6.71. The molecule has 0 radical (unpaired) electrons. The van der Waals surface area contributed by atoms with Crippen LogP contribution in [-0.4, -0.2) is 21.5 Å². The highest BCUT2D eigenvalue weighted by atomic mass is 35.5. The second kappa shape index (κ2) is 2.57. The van der Waals surface area contributed by atoms with Crippen molar-refractivity contribution in [3.05, 3.63) is 23.0 Å². The van der Waals surface area contributed by atoms with Gasteiger partial charge >= 0.3 is 0 Å². The highest BCUT2D eigenvalue weighted by molar-refractivity contribution is 6.30. The van der Waals surface area contributed by atoms with Crippen molar-refractivity contribution >= 4 is 28.9 Å². The van der Waals surface area contributed by atoms with Crippen molar-refractivity contribution in [2.75, 3.05) is 0 Å². The van der Waals surface area contributed by atoms with Crippen molar-refractivity contribution in [2.45, 2.75) is 0 Å². The van der Waals surface area contributed by atoms with Crippen LogP contribution < -0.4 is 0 Å². The number of aldehydes is 1. The van der Waals surface area contributed by atoms with Gasteiger partial charge in [0.2, 0.25) is 0 Å². The molecule has 0 amide bonds. The van der Waals surface area contributed by atoms with Crippen molar-refractivity contribution in [1.82, 2.24) is 15.2 Å². The molecule has 1 N–H and O–H groups in total. The van der Waals surface area contributed by atoms with Crippen LogP contribution in [0.5, 0.6) is 0 Å². The normalized spacial score (nSPS) is 10.4. The molecule has 2 heterocycles. The zero-order valence-corrected chi connectivity index (χ0v) is 6.67. The number of H-pyrrole nitrogens is 1. The van der Waals surface area contributed by atoms with E-state index in [4.69, 9.17) is 11.6 Å². The first-order valence-electron chi connectivity index (χ1n) is 3.26. The summed E-state index contributed by atoms with van der Waals surface area (Å²) in [6.07, 6.45) is 2.24. The molecule has 0 aliphatic heterocycles. The average molecular weight is 182 g/mol. The minimum absolute atomic E-state index is 0.297. The van der Waals surface area contributed by atoms with Crippen LogP contribution in [0.4, 0.5) is 0 Å². The predicted molar refractivity (Wildman–Crippen MR) is 44.3 cm³/mol. The number of aromatic amines is 1. The maximum Gasteiger partial charge on any atom is 0.152 e. The van der Waals surface area contributed by atoms with E-state index in [9.17, 15) is 4.79 Å². The minimum atomic E-state index is 0.297. The van der Waals surface area contributed by atoms with Crippen LogP contribution in [0.15, 0.2) is 12.3 Å². The molecule has 4 nitrogen and oxygen atoms in total. The van der Waals surface area contributed by atoms with Crippen LogP contribution in [0.2, 0.25) is 5.15 Å². The number of hydrogen-bond donors (Lipinski definition) is 1. The molecular weight excluding hydrogens is 178 g/mol. The van der Waals surface area contributed by atoms with Gasteiger partial charge in [0, 0.05) is 5.56 Å². The summed E-state index contributed by atoms with van der Waals surface area (Å²) in [5.41, 5.74) is 1.70. The van der Waals surface area contributed by atoms with Gasteiger partial charge in [-0.3, -0.25) is 9.89 Å². The Kier molecular flexibility index (Phi) is 1.55. The Hall–Kier alpha value is -1.42. The summed E-state index contributed by atoms with van der Waals surface area (Å²) in [4.78, 5) is 14.5. The Morgan fingerprint density at radius 2 is 2.42 bits per heavy atom. The molecular formula is C7H4ClN3O. The van der Waals surface area contributed by atoms with Crippen LogP contribution >= 0.6 is 11.6 Å². The van der Waals surface area contributed by atoms with Gasteiger partial charge in [0.25, 0.3) is 0 Å². The Morgan fingerprint density at radius 3 is 3.17 bits per heavy atom. The first-order chi connectivity index (χ1) is 5.81. The summed E-state index contributed by atoms with van der Waals surface area (Å²) in [7, 11) is 0. The standard InChI is InChI=1S/C7H4ClN3O/c8-6-1-4(3-12)7-5(10-6)2-9-11-7/h1-3H,(H,9,11). The van der Waals surface area contributed by atoms with E-state index in [-0.39, 0.29) is 0 Å². The number of nitrogens with one attached hydrogen (secondary N) is 1. The molecule has 0 spiro atoms. The smallest absolute Gasteiger partial charge is 0.152 e. The zero-order chi connectivity index (χ0) is 8.55. The summed E-state index contributed by atoms with van der Waals surface area (Å²) < 4.78 is 0. The maximum absolute atomic E-state index is 10.5. The summed E-state index contributed by atoms with van der Waals surface area (Å²) in [5.74, 6) is 0. The van der Waals surface area contributed by atoms with Crippen LogP contribution in [0, 0.1) is 0 Å². The largest absolute Gasteiger partial charge is 0.298 e. The average Bonchev–Trinajstić information content (AvgIpc) is 2.50. The summed E-state index contributed by atoms with van der Waals surface area (Å²) in [6.45, 7) is 0. The molecule has 2 rings (SSSR count). The molecule has 5 heteroatoms.